The summed E-state index contributed by atoms with van der Waals surface area (Å²) in [5.41, 5.74) is 0.105. The molecule has 1 aromatic carbocycles. The molecule has 1 saturated heterocycles. The fourth-order valence-corrected chi connectivity index (χ4v) is 2.73. The molecule has 0 saturated carbocycles. The van der Waals surface area contributed by atoms with Crippen molar-refractivity contribution in [3.63, 3.8) is 0 Å². The lowest BCUT2D eigenvalue weighted by Gasteiger charge is -2.24. The van der Waals surface area contributed by atoms with Crippen molar-refractivity contribution in [2.45, 2.75) is 25.8 Å². The van der Waals surface area contributed by atoms with Crippen molar-refractivity contribution in [1.82, 2.24) is 4.90 Å². The summed E-state index contributed by atoms with van der Waals surface area (Å²) in [5.74, 6) is -0.507. The number of nitro groups is 1. The number of likely N-dealkylation sites (tertiary alicyclic amines) is 1. The zero-order valence-electron chi connectivity index (χ0n) is 11.2. The Labute approximate surface area is 125 Å². The van der Waals surface area contributed by atoms with Crippen LogP contribution in [0.1, 0.15) is 19.8 Å². The predicted octanol–water partition coefficient (Wildman–Crippen LogP) is 3.39. The molecule has 110 valence electrons. The van der Waals surface area contributed by atoms with E-state index in [2.05, 4.69) is 33.1 Å². The van der Waals surface area contributed by atoms with E-state index in [1.54, 1.807) is 0 Å². The smallest absolute Gasteiger partial charge is 0.293 e. The van der Waals surface area contributed by atoms with Gasteiger partial charge in [0.05, 0.1) is 9.40 Å². The van der Waals surface area contributed by atoms with Crippen molar-refractivity contribution in [2.75, 3.05) is 25.0 Å². The summed E-state index contributed by atoms with van der Waals surface area (Å²) in [7, 11) is 0. The topological polar surface area (TPSA) is 58.4 Å². The van der Waals surface area contributed by atoms with Gasteiger partial charge in [0.15, 0.2) is 0 Å². The number of benzene rings is 1. The van der Waals surface area contributed by atoms with E-state index >= 15 is 0 Å². The number of nitrogens with zero attached hydrogens (tertiary/aromatic N) is 2. The molecule has 20 heavy (non-hydrogen) atoms. The molecule has 7 heteroatoms. The van der Waals surface area contributed by atoms with Crippen molar-refractivity contribution in [3.05, 3.63) is 32.5 Å². The van der Waals surface area contributed by atoms with E-state index in [-0.39, 0.29) is 21.9 Å². The number of hydrogen-bond donors (Lipinski definition) is 1. The average Bonchev–Trinajstić information content (AvgIpc) is 2.93. The summed E-state index contributed by atoms with van der Waals surface area (Å²) in [6.07, 6.45) is 2.38. The van der Waals surface area contributed by atoms with Crippen molar-refractivity contribution >= 4 is 27.3 Å². The maximum absolute atomic E-state index is 13.5. The van der Waals surface area contributed by atoms with E-state index < -0.39 is 10.7 Å². The molecule has 0 aromatic heterocycles. The van der Waals surface area contributed by atoms with Crippen LogP contribution in [0.3, 0.4) is 0 Å². The normalized spacial score (nSPS) is 17.1. The molecule has 0 amide bonds. The molecular formula is C13H17BrFN3O2. The highest BCUT2D eigenvalue weighted by Crippen LogP contribution is 2.30. The third-order valence-electron chi connectivity index (χ3n) is 3.59. The van der Waals surface area contributed by atoms with Gasteiger partial charge in [0.2, 0.25) is 0 Å². The molecule has 1 heterocycles. The number of hydrogen-bond acceptors (Lipinski definition) is 4. The summed E-state index contributed by atoms with van der Waals surface area (Å²) in [4.78, 5) is 12.8. The highest BCUT2D eigenvalue weighted by molar-refractivity contribution is 9.10. The highest BCUT2D eigenvalue weighted by atomic mass is 79.9. The van der Waals surface area contributed by atoms with Crippen molar-refractivity contribution in [1.29, 1.82) is 0 Å². The Balaban J connectivity index is 2.08. The summed E-state index contributed by atoms with van der Waals surface area (Å²) < 4.78 is 13.6. The van der Waals surface area contributed by atoms with E-state index in [1.165, 1.54) is 25.0 Å². The Morgan fingerprint density at radius 3 is 2.75 bits per heavy atom. The van der Waals surface area contributed by atoms with Crippen LogP contribution < -0.4 is 5.32 Å². The Kier molecular flexibility index (Phi) is 4.93. The van der Waals surface area contributed by atoms with Crippen LogP contribution in [-0.4, -0.2) is 35.5 Å². The van der Waals surface area contributed by atoms with Crippen molar-refractivity contribution < 1.29 is 9.31 Å². The van der Waals surface area contributed by atoms with E-state index in [1.807, 2.05) is 0 Å². The summed E-state index contributed by atoms with van der Waals surface area (Å²) in [5, 5.41) is 14.0. The quantitative estimate of drug-likeness (QED) is 0.656. The third kappa shape index (κ3) is 3.46. The summed E-state index contributed by atoms with van der Waals surface area (Å²) in [6, 6.07) is 2.63. The van der Waals surface area contributed by atoms with E-state index in [0.29, 0.717) is 6.54 Å². The van der Waals surface area contributed by atoms with Gasteiger partial charge in [-0.2, -0.15) is 0 Å². The minimum absolute atomic E-state index is 0.0994. The number of rotatable bonds is 5. The van der Waals surface area contributed by atoms with Gasteiger partial charge in [0.1, 0.15) is 11.5 Å². The lowest BCUT2D eigenvalue weighted by Crippen LogP contribution is -2.35. The van der Waals surface area contributed by atoms with Gasteiger partial charge in [0, 0.05) is 24.7 Å². The second kappa shape index (κ2) is 6.49. The first-order chi connectivity index (χ1) is 9.49. The molecule has 5 nitrogen and oxygen atoms in total. The number of halogens is 2. The van der Waals surface area contributed by atoms with Gasteiger partial charge in [-0.3, -0.25) is 15.0 Å². The summed E-state index contributed by atoms with van der Waals surface area (Å²) in [6.45, 7) is 4.74. The Morgan fingerprint density at radius 1 is 1.50 bits per heavy atom. The van der Waals surface area contributed by atoms with Crippen LogP contribution in [0.4, 0.5) is 15.8 Å². The number of anilines is 1. The number of nitro benzene ring substituents is 1. The van der Waals surface area contributed by atoms with Crippen LogP contribution >= 0.6 is 15.9 Å². The van der Waals surface area contributed by atoms with Gasteiger partial charge < -0.3 is 5.32 Å². The van der Waals surface area contributed by atoms with Crippen LogP contribution in [0.5, 0.6) is 0 Å². The molecule has 0 aliphatic carbocycles. The van der Waals surface area contributed by atoms with Crippen molar-refractivity contribution in [3.8, 4) is 0 Å². The van der Waals surface area contributed by atoms with Crippen LogP contribution in [-0.2, 0) is 0 Å². The number of nitrogens with one attached hydrogen (secondary N) is 1. The molecule has 1 aromatic rings. The maximum atomic E-state index is 13.5. The molecule has 1 aliphatic heterocycles. The van der Waals surface area contributed by atoms with Crippen LogP contribution in [0.2, 0.25) is 0 Å². The first-order valence-electron chi connectivity index (χ1n) is 6.60. The monoisotopic (exact) mass is 345 g/mol. The fraction of sp³-hybridized carbons (Fsp3) is 0.538. The zero-order valence-corrected chi connectivity index (χ0v) is 12.8. The van der Waals surface area contributed by atoms with Crippen LogP contribution in [0, 0.1) is 15.9 Å². The largest absolute Gasteiger partial charge is 0.378 e. The minimum Gasteiger partial charge on any atom is -0.378 e. The van der Waals surface area contributed by atoms with Gasteiger partial charge in [-0.05, 0) is 48.8 Å². The SMILES string of the molecule is CC(CNc1cc(F)c(Br)cc1[N+](=O)[O-])N1CCCC1. The lowest BCUT2D eigenvalue weighted by molar-refractivity contribution is -0.384. The van der Waals surface area contributed by atoms with Gasteiger partial charge in [-0.25, -0.2) is 4.39 Å². The second-order valence-electron chi connectivity index (χ2n) is 5.01. The first kappa shape index (κ1) is 15.2. The highest BCUT2D eigenvalue weighted by Gasteiger charge is 2.21. The third-order valence-corrected chi connectivity index (χ3v) is 4.19. The molecule has 1 unspecified atom stereocenters. The molecule has 1 N–H and O–H groups in total. The van der Waals surface area contributed by atoms with Crippen molar-refractivity contribution in [2.24, 2.45) is 0 Å². The molecule has 0 bridgehead atoms. The zero-order chi connectivity index (χ0) is 14.7. The van der Waals surface area contributed by atoms with E-state index in [9.17, 15) is 14.5 Å². The van der Waals surface area contributed by atoms with Gasteiger partial charge in [-0.15, -0.1) is 0 Å². The summed E-state index contributed by atoms with van der Waals surface area (Å²) >= 11 is 2.97. The molecule has 0 spiro atoms. The first-order valence-corrected chi connectivity index (χ1v) is 7.39. The van der Waals surface area contributed by atoms with Crippen LogP contribution in [0.15, 0.2) is 16.6 Å². The molecule has 0 radical (unpaired) electrons. The Bertz CT molecular complexity index is 507. The standard InChI is InChI=1S/C13H17BrFN3O2/c1-9(17-4-2-3-5-17)8-16-12-7-11(15)10(14)6-13(12)18(19)20/h6-7,9,16H,2-5,8H2,1H3. The Morgan fingerprint density at radius 2 is 2.15 bits per heavy atom. The molecular weight excluding hydrogens is 329 g/mol. The maximum Gasteiger partial charge on any atom is 0.293 e. The van der Waals surface area contributed by atoms with Crippen LogP contribution in [0.25, 0.3) is 0 Å². The molecule has 1 aliphatic rings. The molecule has 1 atom stereocenters. The molecule has 2 rings (SSSR count). The van der Waals surface area contributed by atoms with Gasteiger partial charge in [-0.1, -0.05) is 0 Å². The lowest BCUT2D eigenvalue weighted by atomic mass is 10.2. The molecule has 1 fully saturated rings. The average molecular weight is 346 g/mol. The fourth-order valence-electron chi connectivity index (χ4n) is 2.40. The minimum atomic E-state index is -0.507. The predicted molar refractivity (Wildman–Crippen MR) is 79.5 cm³/mol. The van der Waals surface area contributed by atoms with E-state index in [4.69, 9.17) is 0 Å². The second-order valence-corrected chi connectivity index (χ2v) is 5.87. The van der Waals surface area contributed by atoms with E-state index in [0.717, 1.165) is 13.1 Å². The van der Waals surface area contributed by atoms with Gasteiger partial charge >= 0.3 is 0 Å². The van der Waals surface area contributed by atoms with Gasteiger partial charge in [0.25, 0.3) is 5.69 Å². The Hall–Kier alpha value is -1.21.